The second-order valence-electron chi connectivity index (χ2n) is 5.35. The normalized spacial score (nSPS) is 15.2. The summed E-state index contributed by atoms with van der Waals surface area (Å²) >= 11 is 0. The van der Waals surface area contributed by atoms with Crippen LogP contribution in [0.5, 0.6) is 11.5 Å². The van der Waals surface area contributed by atoms with Crippen molar-refractivity contribution in [3.8, 4) is 11.5 Å². The minimum atomic E-state index is -0.593. The Balaban J connectivity index is 1.66. The molecule has 2 heterocycles. The van der Waals surface area contributed by atoms with Crippen molar-refractivity contribution in [1.82, 2.24) is 9.88 Å². The van der Waals surface area contributed by atoms with E-state index in [9.17, 15) is 14.5 Å². The lowest BCUT2D eigenvalue weighted by atomic mass is 10.2. The molecule has 0 N–H and O–H groups in total. The highest BCUT2D eigenvalue weighted by atomic mass is 19.1. The van der Waals surface area contributed by atoms with Gasteiger partial charge in [0.25, 0.3) is 0 Å². The molecule has 0 saturated carbocycles. The predicted octanol–water partition coefficient (Wildman–Crippen LogP) is 2.75. The molecule has 1 fully saturated rings. The van der Waals surface area contributed by atoms with Gasteiger partial charge in [0.15, 0.2) is 11.9 Å². The van der Waals surface area contributed by atoms with Crippen molar-refractivity contribution in [3.63, 3.8) is 0 Å². The first kappa shape index (κ1) is 16.3. The summed E-state index contributed by atoms with van der Waals surface area (Å²) in [5, 5.41) is 10.6. The Bertz CT molecular complexity index is 718. The van der Waals surface area contributed by atoms with Gasteiger partial charge < -0.3 is 19.6 Å². The molecule has 0 spiro atoms. The van der Waals surface area contributed by atoms with E-state index in [0.29, 0.717) is 36.8 Å². The van der Waals surface area contributed by atoms with E-state index in [4.69, 9.17) is 9.47 Å². The zero-order chi connectivity index (χ0) is 16.9. The van der Waals surface area contributed by atoms with E-state index in [2.05, 4.69) is 9.88 Å². The third-order valence-corrected chi connectivity index (χ3v) is 3.67. The maximum atomic E-state index is 14.2. The number of halogens is 1. The number of ether oxygens (including phenoxy) is 2. The molecule has 0 amide bonds. The lowest BCUT2D eigenvalue weighted by Gasteiger charge is -2.26. The van der Waals surface area contributed by atoms with Gasteiger partial charge in [0.05, 0.1) is 13.2 Å². The van der Waals surface area contributed by atoms with Gasteiger partial charge in [-0.3, -0.25) is 4.90 Å². The number of pyridine rings is 1. The molecular formula is C16H16FN3O4. The minimum absolute atomic E-state index is 0.269. The van der Waals surface area contributed by atoms with Crippen molar-refractivity contribution < 1.29 is 18.8 Å². The van der Waals surface area contributed by atoms with Crippen LogP contribution >= 0.6 is 0 Å². The fraction of sp³-hybridized carbons (Fsp3) is 0.312. The predicted molar refractivity (Wildman–Crippen MR) is 83.5 cm³/mol. The van der Waals surface area contributed by atoms with Crippen LogP contribution in [0.25, 0.3) is 0 Å². The standard InChI is InChI=1S/C16H16FN3O4/c17-15-9-13(24-14-3-4-16(18-10-14)20(21)22)2-1-12(15)11-19-5-7-23-8-6-19/h1-4,9-10H,5-8,11H2. The Morgan fingerprint density at radius 3 is 2.62 bits per heavy atom. The number of hydrogen-bond donors (Lipinski definition) is 0. The second-order valence-corrected chi connectivity index (χ2v) is 5.35. The minimum Gasteiger partial charge on any atom is -0.453 e. The van der Waals surface area contributed by atoms with Crippen LogP contribution in [-0.2, 0) is 11.3 Å². The van der Waals surface area contributed by atoms with Crippen molar-refractivity contribution in [2.45, 2.75) is 6.54 Å². The van der Waals surface area contributed by atoms with Gasteiger partial charge in [-0.15, -0.1) is 0 Å². The molecule has 7 nitrogen and oxygen atoms in total. The molecule has 1 aliphatic heterocycles. The number of nitro groups is 1. The summed E-state index contributed by atoms with van der Waals surface area (Å²) < 4.78 is 25.0. The van der Waals surface area contributed by atoms with Gasteiger partial charge in [-0.05, 0) is 22.0 Å². The molecule has 126 valence electrons. The van der Waals surface area contributed by atoms with E-state index < -0.39 is 4.92 Å². The van der Waals surface area contributed by atoms with Crippen molar-refractivity contribution in [2.24, 2.45) is 0 Å². The molecule has 8 heteroatoms. The summed E-state index contributed by atoms with van der Waals surface area (Å²) in [7, 11) is 0. The summed E-state index contributed by atoms with van der Waals surface area (Å²) in [5.41, 5.74) is 0.589. The first-order valence-electron chi connectivity index (χ1n) is 7.48. The number of nitrogens with zero attached hydrogens (tertiary/aromatic N) is 3. The van der Waals surface area contributed by atoms with Crippen LogP contribution in [0.4, 0.5) is 10.2 Å². The first-order valence-corrected chi connectivity index (χ1v) is 7.48. The van der Waals surface area contributed by atoms with Crippen molar-refractivity contribution >= 4 is 5.82 Å². The maximum absolute atomic E-state index is 14.2. The molecule has 24 heavy (non-hydrogen) atoms. The maximum Gasteiger partial charge on any atom is 0.363 e. The highest BCUT2D eigenvalue weighted by Gasteiger charge is 2.14. The molecule has 1 aromatic heterocycles. The van der Waals surface area contributed by atoms with Gasteiger partial charge in [-0.2, -0.15) is 0 Å². The van der Waals surface area contributed by atoms with Crippen LogP contribution < -0.4 is 4.74 Å². The quantitative estimate of drug-likeness (QED) is 0.618. The van der Waals surface area contributed by atoms with E-state index in [-0.39, 0.29) is 11.6 Å². The summed E-state index contributed by atoms with van der Waals surface area (Å²) in [6.07, 6.45) is 1.23. The van der Waals surface area contributed by atoms with Crippen LogP contribution in [-0.4, -0.2) is 41.1 Å². The van der Waals surface area contributed by atoms with Gasteiger partial charge in [0.2, 0.25) is 0 Å². The van der Waals surface area contributed by atoms with E-state index in [1.807, 2.05) is 0 Å². The van der Waals surface area contributed by atoms with Gasteiger partial charge >= 0.3 is 5.82 Å². The summed E-state index contributed by atoms with van der Waals surface area (Å²) in [5.74, 6) is -0.00179. The number of morpholine rings is 1. The average Bonchev–Trinajstić information content (AvgIpc) is 2.59. The van der Waals surface area contributed by atoms with Gasteiger partial charge in [0.1, 0.15) is 11.6 Å². The van der Waals surface area contributed by atoms with Gasteiger partial charge in [-0.1, -0.05) is 6.07 Å². The Hall–Kier alpha value is -2.58. The number of hydrogen-bond acceptors (Lipinski definition) is 6. The first-order chi connectivity index (χ1) is 11.6. The zero-order valence-corrected chi connectivity index (χ0v) is 12.9. The SMILES string of the molecule is O=[N+]([O-])c1ccc(Oc2ccc(CN3CCOCC3)c(F)c2)cn1. The largest absolute Gasteiger partial charge is 0.453 e. The highest BCUT2D eigenvalue weighted by molar-refractivity contribution is 5.34. The van der Waals surface area contributed by atoms with Crippen LogP contribution in [0.1, 0.15) is 5.56 Å². The number of rotatable bonds is 5. The third-order valence-electron chi connectivity index (χ3n) is 3.67. The van der Waals surface area contributed by atoms with Gasteiger partial charge in [0, 0.05) is 37.3 Å². The molecular weight excluding hydrogens is 317 g/mol. The molecule has 0 aliphatic carbocycles. The van der Waals surface area contributed by atoms with E-state index in [1.165, 1.54) is 24.4 Å². The van der Waals surface area contributed by atoms with Gasteiger partial charge in [-0.25, -0.2) is 4.39 Å². The molecule has 1 aromatic carbocycles. The second kappa shape index (κ2) is 7.33. The summed E-state index contributed by atoms with van der Waals surface area (Å²) in [4.78, 5) is 15.7. The topological polar surface area (TPSA) is 77.7 Å². The molecule has 0 unspecified atom stereocenters. The molecule has 0 bridgehead atoms. The summed E-state index contributed by atoms with van der Waals surface area (Å²) in [6.45, 7) is 3.42. The Kier molecular flexibility index (Phi) is 4.97. The van der Waals surface area contributed by atoms with Crippen molar-refractivity contribution in [1.29, 1.82) is 0 Å². The monoisotopic (exact) mass is 333 g/mol. The smallest absolute Gasteiger partial charge is 0.363 e. The molecule has 1 saturated heterocycles. The Morgan fingerprint density at radius 2 is 2.00 bits per heavy atom. The third kappa shape index (κ3) is 4.03. The number of benzene rings is 1. The van der Waals surface area contributed by atoms with E-state index in [0.717, 1.165) is 13.1 Å². The van der Waals surface area contributed by atoms with Crippen LogP contribution in [0.15, 0.2) is 36.5 Å². The average molecular weight is 333 g/mol. The lowest BCUT2D eigenvalue weighted by molar-refractivity contribution is -0.389. The lowest BCUT2D eigenvalue weighted by Crippen LogP contribution is -2.35. The van der Waals surface area contributed by atoms with Crippen LogP contribution in [0.2, 0.25) is 0 Å². The van der Waals surface area contributed by atoms with E-state index >= 15 is 0 Å². The van der Waals surface area contributed by atoms with Crippen LogP contribution in [0, 0.1) is 15.9 Å². The summed E-state index contributed by atoms with van der Waals surface area (Å²) in [6, 6.07) is 7.31. The van der Waals surface area contributed by atoms with Crippen molar-refractivity contribution in [2.75, 3.05) is 26.3 Å². The fourth-order valence-electron chi connectivity index (χ4n) is 2.40. The molecule has 1 aliphatic rings. The molecule has 0 radical (unpaired) electrons. The Labute approximate surface area is 137 Å². The number of aromatic nitrogens is 1. The molecule has 2 aromatic rings. The zero-order valence-electron chi connectivity index (χ0n) is 12.9. The fourth-order valence-corrected chi connectivity index (χ4v) is 2.40. The van der Waals surface area contributed by atoms with E-state index in [1.54, 1.807) is 12.1 Å². The molecule has 3 rings (SSSR count). The van der Waals surface area contributed by atoms with Crippen molar-refractivity contribution in [3.05, 3.63) is 58.0 Å². The van der Waals surface area contributed by atoms with Crippen LogP contribution in [0.3, 0.4) is 0 Å². The molecule has 0 atom stereocenters. The highest BCUT2D eigenvalue weighted by Crippen LogP contribution is 2.24. The Morgan fingerprint density at radius 1 is 1.25 bits per heavy atom.